The molecule has 0 unspecified atom stereocenters. The molecule has 0 nitrogen and oxygen atoms in total. The Bertz CT molecular complexity index is 338. The molecule has 0 N–H and O–H groups in total. The van der Waals surface area contributed by atoms with Crippen LogP contribution in [0.1, 0.15) is 24.8 Å². The first-order valence-electron chi connectivity index (χ1n) is 4.89. The van der Waals surface area contributed by atoms with E-state index in [1.165, 1.54) is 28.0 Å². The van der Waals surface area contributed by atoms with Crippen LogP contribution < -0.4 is 0 Å². The van der Waals surface area contributed by atoms with E-state index in [1.54, 1.807) is 0 Å². The quantitative estimate of drug-likeness (QED) is 0.776. The summed E-state index contributed by atoms with van der Waals surface area (Å²) in [6, 6.07) is 10.4. The molecule has 1 aliphatic rings. The monoisotopic (exact) mass is 304 g/mol. The molecule has 0 radical (unpaired) electrons. The van der Waals surface area contributed by atoms with Crippen LogP contribution in [0, 0.1) is 5.92 Å². The van der Waals surface area contributed by atoms with Crippen molar-refractivity contribution in [2.75, 3.05) is 0 Å². The van der Waals surface area contributed by atoms with Gasteiger partial charge in [0.2, 0.25) is 0 Å². The number of hydrogen-bond donors (Lipinski definition) is 0. The molecule has 0 bridgehead atoms. The summed E-state index contributed by atoms with van der Waals surface area (Å²) in [4.78, 5) is 0. The molecule has 0 aromatic heterocycles. The van der Waals surface area contributed by atoms with Gasteiger partial charge in [0.1, 0.15) is 0 Å². The number of halogens is 2. The maximum absolute atomic E-state index is 6.21. The minimum atomic E-state index is -2.22. The Labute approximate surface area is 99.5 Å². The Morgan fingerprint density at radius 1 is 1.14 bits per heavy atom. The molecule has 1 aromatic carbocycles. The third kappa shape index (κ3) is 2.38. The van der Waals surface area contributed by atoms with E-state index in [9.17, 15) is 0 Å². The topological polar surface area (TPSA) is 0 Å². The molecular weight excluding hydrogens is 294 g/mol. The minimum absolute atomic E-state index is 0.696. The molecular formula is C11H12Cl2Zr. The average molecular weight is 306 g/mol. The molecule has 2 rings (SSSR count). The van der Waals surface area contributed by atoms with Crippen LogP contribution in [-0.4, -0.2) is 3.21 Å². The molecule has 1 fully saturated rings. The standard InChI is InChI=1S/C11H12.2ClH.Zr/c1-2-5-10(6-3-1)9-11-7-4-8-11;;;/h1-3,5-6,11H,4,7-8H2;2*1H;/q;;;+2/p-2. The maximum atomic E-state index is 6.21. The van der Waals surface area contributed by atoms with Crippen LogP contribution in [0.2, 0.25) is 0 Å². The van der Waals surface area contributed by atoms with Gasteiger partial charge in [0.15, 0.2) is 0 Å². The fraction of sp³-hybridized carbons (Fsp3) is 0.364. The van der Waals surface area contributed by atoms with Gasteiger partial charge < -0.3 is 0 Å². The van der Waals surface area contributed by atoms with Crippen molar-refractivity contribution >= 4 is 20.2 Å². The zero-order valence-corrected chi connectivity index (χ0v) is 11.8. The summed E-state index contributed by atoms with van der Waals surface area (Å²) in [5, 5.41) is 0. The molecule has 0 aliphatic heterocycles. The Morgan fingerprint density at radius 2 is 1.79 bits per heavy atom. The van der Waals surface area contributed by atoms with Crippen molar-refractivity contribution in [3.63, 3.8) is 0 Å². The van der Waals surface area contributed by atoms with Gasteiger partial charge in [-0.2, -0.15) is 0 Å². The van der Waals surface area contributed by atoms with Crippen molar-refractivity contribution in [3.8, 4) is 0 Å². The fourth-order valence-electron chi connectivity index (χ4n) is 1.81. The van der Waals surface area contributed by atoms with Gasteiger partial charge in [0, 0.05) is 0 Å². The van der Waals surface area contributed by atoms with Crippen molar-refractivity contribution in [1.29, 1.82) is 0 Å². The molecule has 0 amide bonds. The van der Waals surface area contributed by atoms with E-state index in [-0.39, 0.29) is 0 Å². The second-order valence-corrected chi connectivity index (χ2v) is 11.9. The molecule has 1 saturated carbocycles. The van der Waals surface area contributed by atoms with Crippen LogP contribution in [0.3, 0.4) is 0 Å². The fourth-order valence-corrected chi connectivity index (χ4v) is 7.34. The van der Waals surface area contributed by atoms with Gasteiger partial charge in [-0.05, 0) is 0 Å². The summed E-state index contributed by atoms with van der Waals surface area (Å²) in [6.07, 6.45) is 3.91. The summed E-state index contributed by atoms with van der Waals surface area (Å²) in [7, 11) is 12.4. The van der Waals surface area contributed by atoms with Gasteiger partial charge in [-0.1, -0.05) is 0 Å². The molecule has 14 heavy (non-hydrogen) atoms. The first-order chi connectivity index (χ1) is 6.79. The van der Waals surface area contributed by atoms with Crippen molar-refractivity contribution in [2.24, 2.45) is 5.92 Å². The molecule has 0 saturated heterocycles. The molecule has 3 heteroatoms. The van der Waals surface area contributed by atoms with E-state index in [1.807, 2.05) is 6.07 Å². The normalized spacial score (nSPS) is 16.1. The third-order valence-electron chi connectivity index (χ3n) is 2.80. The van der Waals surface area contributed by atoms with Gasteiger partial charge in [-0.15, -0.1) is 0 Å². The van der Waals surface area contributed by atoms with Crippen LogP contribution >= 0.6 is 17.0 Å². The molecule has 1 aliphatic carbocycles. The molecule has 0 heterocycles. The van der Waals surface area contributed by atoms with E-state index in [0.29, 0.717) is 5.92 Å². The van der Waals surface area contributed by atoms with Gasteiger partial charge in [0.05, 0.1) is 0 Å². The molecule has 74 valence electrons. The van der Waals surface area contributed by atoms with E-state index in [2.05, 4.69) is 24.3 Å². The first-order valence-corrected chi connectivity index (χ1v) is 12.5. The second-order valence-electron chi connectivity index (χ2n) is 3.67. The molecule has 1 aromatic rings. The predicted octanol–water partition coefficient (Wildman–Crippen LogP) is 3.93. The second kappa shape index (κ2) is 5.06. The Morgan fingerprint density at radius 3 is 2.21 bits per heavy atom. The van der Waals surface area contributed by atoms with E-state index < -0.39 is 18.9 Å². The van der Waals surface area contributed by atoms with Crippen LogP contribution in [0.15, 0.2) is 30.3 Å². The SMILES string of the molecule is [Cl][Zr]([Cl])=[C](c1ccccc1)C1CCC1. The van der Waals surface area contributed by atoms with Crippen molar-refractivity contribution in [1.82, 2.24) is 0 Å². The Kier molecular flexibility index (Phi) is 3.99. The third-order valence-corrected chi connectivity index (χ3v) is 7.92. The molecule has 0 atom stereocenters. The van der Waals surface area contributed by atoms with E-state index in [0.717, 1.165) is 0 Å². The number of benzene rings is 1. The summed E-state index contributed by atoms with van der Waals surface area (Å²) < 4.78 is 1.41. The van der Waals surface area contributed by atoms with Gasteiger partial charge in [-0.3, -0.25) is 0 Å². The summed E-state index contributed by atoms with van der Waals surface area (Å²) in [5.41, 5.74) is 1.29. The van der Waals surface area contributed by atoms with E-state index in [4.69, 9.17) is 17.0 Å². The average Bonchev–Trinajstić information content (AvgIpc) is 2.12. The predicted molar refractivity (Wildman–Crippen MR) is 59.6 cm³/mol. The van der Waals surface area contributed by atoms with Gasteiger partial charge in [-0.25, -0.2) is 0 Å². The Hall–Kier alpha value is 0.553. The van der Waals surface area contributed by atoms with Crippen molar-refractivity contribution in [3.05, 3.63) is 35.9 Å². The zero-order chi connectivity index (χ0) is 9.97. The summed E-state index contributed by atoms with van der Waals surface area (Å²) in [5.74, 6) is 0.696. The van der Waals surface area contributed by atoms with Crippen LogP contribution in [0.25, 0.3) is 0 Å². The van der Waals surface area contributed by atoms with Crippen LogP contribution in [0.5, 0.6) is 0 Å². The van der Waals surface area contributed by atoms with E-state index >= 15 is 0 Å². The number of rotatable bonds is 2. The Balaban J connectivity index is 2.33. The summed E-state index contributed by atoms with van der Waals surface area (Å²) >= 11 is -2.22. The van der Waals surface area contributed by atoms with Crippen molar-refractivity contribution < 1.29 is 18.9 Å². The number of hydrogen-bond acceptors (Lipinski definition) is 0. The van der Waals surface area contributed by atoms with Crippen molar-refractivity contribution in [2.45, 2.75) is 19.3 Å². The summed E-state index contributed by atoms with van der Waals surface area (Å²) in [6.45, 7) is 0. The van der Waals surface area contributed by atoms with Crippen LogP contribution in [-0.2, 0) is 18.9 Å². The molecule has 0 spiro atoms. The zero-order valence-electron chi connectivity index (χ0n) is 7.84. The first kappa shape index (κ1) is 11.1. The van der Waals surface area contributed by atoms with Gasteiger partial charge >= 0.3 is 100 Å². The van der Waals surface area contributed by atoms with Gasteiger partial charge in [0.25, 0.3) is 0 Å². The van der Waals surface area contributed by atoms with Crippen LogP contribution in [0.4, 0.5) is 0 Å².